The summed E-state index contributed by atoms with van der Waals surface area (Å²) in [6.07, 6.45) is 5.94. The van der Waals surface area contributed by atoms with Gasteiger partial charge >= 0.3 is 5.97 Å². The summed E-state index contributed by atoms with van der Waals surface area (Å²) in [5, 5.41) is 0. The van der Waals surface area contributed by atoms with Gasteiger partial charge in [-0.3, -0.25) is 24.4 Å². The van der Waals surface area contributed by atoms with Crippen LogP contribution in [-0.4, -0.2) is 120 Å². The molecule has 0 saturated heterocycles. The Labute approximate surface area is 414 Å². The third-order valence-electron chi connectivity index (χ3n) is 13.4. The van der Waals surface area contributed by atoms with Crippen molar-refractivity contribution in [1.29, 1.82) is 0 Å². The number of aryl methyl sites for hydroxylation is 1. The standard InChI is InChI=1S/C56H61N5O10/c1-37-22-47-49(57-31-45-26-40-10-5-7-12-42(40)33-60(45)55(47)63)29-51(37)70-35-38-23-39(25-44(24-38)59(15-9-14-54(62)67-4)16-17-68-20-21-69-19-18-65-2)36-71-53-30-50-48(28-52(53)66-3)56(64)61-34-43-13-8-6-11-41(43)27-46(61)32-58-50/h5-8,10-13,22-25,28-32,45-46H,9,14-21,26-27,33-36H2,1-4H3/t45-,46-/m0/s1. The lowest BCUT2D eigenvalue weighted by Crippen LogP contribution is -2.44. The summed E-state index contributed by atoms with van der Waals surface area (Å²) in [7, 11) is 4.59. The molecular weight excluding hydrogens is 903 g/mol. The highest BCUT2D eigenvalue weighted by atomic mass is 16.5. The van der Waals surface area contributed by atoms with Crippen LogP contribution in [0.4, 0.5) is 17.1 Å². The lowest BCUT2D eigenvalue weighted by molar-refractivity contribution is -0.140. The van der Waals surface area contributed by atoms with E-state index in [9.17, 15) is 14.4 Å². The van der Waals surface area contributed by atoms with Crippen molar-refractivity contribution in [3.05, 3.63) is 141 Å². The number of hydrogen-bond acceptors (Lipinski definition) is 13. The van der Waals surface area contributed by atoms with Gasteiger partial charge in [-0.1, -0.05) is 48.5 Å². The quantitative estimate of drug-likeness (QED) is 0.0518. The van der Waals surface area contributed by atoms with E-state index in [1.165, 1.54) is 18.2 Å². The lowest BCUT2D eigenvalue weighted by Gasteiger charge is -2.34. The predicted molar refractivity (Wildman–Crippen MR) is 270 cm³/mol. The minimum Gasteiger partial charge on any atom is -0.493 e. The average Bonchev–Trinajstić information content (AvgIpc) is 3.60. The maximum atomic E-state index is 14.1. The summed E-state index contributed by atoms with van der Waals surface area (Å²) in [6, 6.07) is 29.5. The minimum atomic E-state index is -0.282. The Morgan fingerprint density at radius 2 is 1.18 bits per heavy atom. The van der Waals surface area contributed by atoms with Crippen LogP contribution in [0.25, 0.3) is 0 Å². The van der Waals surface area contributed by atoms with Gasteiger partial charge in [-0.2, -0.15) is 0 Å². The summed E-state index contributed by atoms with van der Waals surface area (Å²) in [4.78, 5) is 56.1. The molecule has 0 saturated carbocycles. The third kappa shape index (κ3) is 11.4. The lowest BCUT2D eigenvalue weighted by atomic mass is 9.94. The molecule has 2 atom stereocenters. The fourth-order valence-electron chi connectivity index (χ4n) is 9.60. The number of esters is 1. The Balaban J connectivity index is 0.976. The van der Waals surface area contributed by atoms with E-state index < -0.39 is 0 Å². The van der Waals surface area contributed by atoms with Crippen LogP contribution in [0.5, 0.6) is 17.2 Å². The Morgan fingerprint density at radius 1 is 0.634 bits per heavy atom. The van der Waals surface area contributed by atoms with Crippen LogP contribution >= 0.6 is 0 Å². The molecule has 15 heteroatoms. The maximum absolute atomic E-state index is 14.1. The van der Waals surface area contributed by atoms with Crippen molar-refractivity contribution in [2.75, 3.05) is 72.4 Å². The largest absolute Gasteiger partial charge is 0.493 e. The van der Waals surface area contributed by atoms with Gasteiger partial charge in [0, 0.05) is 70.0 Å². The highest BCUT2D eigenvalue weighted by Gasteiger charge is 2.35. The van der Waals surface area contributed by atoms with Crippen LogP contribution in [0, 0.1) is 6.92 Å². The van der Waals surface area contributed by atoms with Gasteiger partial charge in [-0.05, 0) is 95.5 Å². The van der Waals surface area contributed by atoms with E-state index in [0.717, 1.165) is 33.5 Å². The molecule has 0 radical (unpaired) electrons. The highest BCUT2D eigenvalue weighted by molar-refractivity contribution is 6.04. The molecule has 15 nitrogen and oxygen atoms in total. The number of rotatable bonds is 21. The molecule has 71 heavy (non-hydrogen) atoms. The number of ether oxygens (including phenoxy) is 7. The van der Waals surface area contributed by atoms with E-state index in [1.807, 2.05) is 71.6 Å². The normalized spacial score (nSPS) is 16.4. The first-order chi connectivity index (χ1) is 34.7. The molecule has 0 N–H and O–H groups in total. The molecule has 2 amide bonds. The number of amides is 2. The first-order valence-corrected chi connectivity index (χ1v) is 24.2. The molecule has 5 aromatic carbocycles. The maximum Gasteiger partial charge on any atom is 0.305 e. The Morgan fingerprint density at radius 3 is 1.77 bits per heavy atom. The fourth-order valence-corrected chi connectivity index (χ4v) is 9.60. The number of benzene rings is 5. The monoisotopic (exact) mass is 963 g/mol. The Bertz CT molecular complexity index is 2810. The molecule has 4 aliphatic heterocycles. The van der Waals surface area contributed by atoms with E-state index in [-0.39, 0.29) is 49.5 Å². The smallest absolute Gasteiger partial charge is 0.305 e. The van der Waals surface area contributed by atoms with Crippen LogP contribution in [0.15, 0.2) is 101 Å². The molecule has 0 unspecified atom stereocenters. The van der Waals surface area contributed by atoms with Crippen molar-refractivity contribution in [3.63, 3.8) is 0 Å². The molecule has 5 aromatic rings. The van der Waals surface area contributed by atoms with Crippen LogP contribution < -0.4 is 19.1 Å². The first-order valence-electron chi connectivity index (χ1n) is 24.2. The van der Waals surface area contributed by atoms with E-state index in [4.69, 9.17) is 43.1 Å². The molecule has 0 fully saturated rings. The Hall–Kier alpha value is -7.07. The molecule has 0 aliphatic carbocycles. The number of anilines is 1. The summed E-state index contributed by atoms with van der Waals surface area (Å²) in [5.74, 6) is 1.02. The molecule has 370 valence electrons. The van der Waals surface area contributed by atoms with Gasteiger partial charge in [0.2, 0.25) is 0 Å². The SMILES string of the molecule is COCCOCCOCCN(CCCC(=O)OC)c1cc(COc2cc3c(cc2C)C(=O)N2Cc4ccccc4C[C@H]2C=N3)cc(COc2cc3c(cc2OC)C(=O)N2Cc4ccccc4C[C@H]2C=N3)c1. The molecular formula is C56H61N5O10. The number of carbonyl (C=O) groups is 3. The number of aliphatic imine (C=N–C) groups is 2. The van der Waals surface area contributed by atoms with Crippen LogP contribution in [-0.2, 0) is 62.9 Å². The molecule has 0 aromatic heterocycles. The predicted octanol–water partition coefficient (Wildman–Crippen LogP) is 8.17. The zero-order valence-corrected chi connectivity index (χ0v) is 40.9. The topological polar surface area (TPSA) is 150 Å². The second-order valence-corrected chi connectivity index (χ2v) is 18.1. The molecule has 9 rings (SSSR count). The van der Waals surface area contributed by atoms with Crippen molar-refractivity contribution in [1.82, 2.24) is 9.80 Å². The molecule has 0 bridgehead atoms. The first kappa shape index (κ1) is 48.9. The Kier molecular flexibility index (Phi) is 15.7. The van der Waals surface area contributed by atoms with Gasteiger partial charge in [0.25, 0.3) is 11.8 Å². The van der Waals surface area contributed by atoms with E-state index in [0.29, 0.717) is 118 Å². The zero-order chi connectivity index (χ0) is 49.3. The molecule has 0 spiro atoms. The number of hydrogen-bond donors (Lipinski definition) is 0. The van der Waals surface area contributed by atoms with Gasteiger partial charge in [-0.15, -0.1) is 0 Å². The van der Waals surface area contributed by atoms with Gasteiger partial charge in [0.15, 0.2) is 11.5 Å². The van der Waals surface area contributed by atoms with Gasteiger partial charge in [0.05, 0.1) is 81.8 Å². The molecule has 4 heterocycles. The van der Waals surface area contributed by atoms with Crippen molar-refractivity contribution in [2.24, 2.45) is 9.98 Å². The zero-order valence-electron chi connectivity index (χ0n) is 40.9. The highest BCUT2D eigenvalue weighted by Crippen LogP contribution is 2.40. The third-order valence-corrected chi connectivity index (χ3v) is 13.4. The van der Waals surface area contributed by atoms with Crippen LogP contribution in [0.3, 0.4) is 0 Å². The van der Waals surface area contributed by atoms with E-state index in [1.54, 1.807) is 26.4 Å². The van der Waals surface area contributed by atoms with Crippen LogP contribution in [0.2, 0.25) is 0 Å². The summed E-state index contributed by atoms with van der Waals surface area (Å²) < 4.78 is 40.7. The summed E-state index contributed by atoms with van der Waals surface area (Å²) in [5.41, 5.74) is 10.2. The fraction of sp³-hybridized carbons (Fsp3) is 0.375. The van der Waals surface area contributed by atoms with Crippen molar-refractivity contribution >= 4 is 47.3 Å². The van der Waals surface area contributed by atoms with Crippen molar-refractivity contribution in [3.8, 4) is 17.2 Å². The number of carbonyl (C=O) groups excluding carboxylic acids is 3. The van der Waals surface area contributed by atoms with E-state index >= 15 is 0 Å². The van der Waals surface area contributed by atoms with Gasteiger partial charge in [-0.25, -0.2) is 0 Å². The second-order valence-electron chi connectivity index (χ2n) is 18.1. The average molecular weight is 964 g/mol. The van der Waals surface area contributed by atoms with Gasteiger partial charge in [0.1, 0.15) is 19.0 Å². The van der Waals surface area contributed by atoms with E-state index in [2.05, 4.69) is 41.3 Å². The summed E-state index contributed by atoms with van der Waals surface area (Å²) in [6.45, 7) is 6.62. The number of nitrogens with zero attached hydrogens (tertiary/aromatic N) is 5. The van der Waals surface area contributed by atoms with Crippen LogP contribution in [0.1, 0.15) is 72.5 Å². The number of fused-ring (bicyclic) bond motifs is 6. The molecule has 4 aliphatic rings. The van der Waals surface area contributed by atoms with Crippen molar-refractivity contribution < 1.29 is 47.5 Å². The summed E-state index contributed by atoms with van der Waals surface area (Å²) >= 11 is 0. The second kappa shape index (κ2) is 22.8. The minimum absolute atomic E-state index is 0.0508. The van der Waals surface area contributed by atoms with Crippen molar-refractivity contribution in [2.45, 2.75) is 71.0 Å². The van der Waals surface area contributed by atoms with Gasteiger partial charge < -0.3 is 47.9 Å². The number of methoxy groups -OCH3 is 3.